The fourth-order valence-electron chi connectivity index (χ4n) is 1.92. The Kier molecular flexibility index (Phi) is 2.89. The van der Waals surface area contributed by atoms with Crippen LogP contribution < -0.4 is 10.5 Å². The van der Waals surface area contributed by atoms with E-state index >= 15 is 0 Å². The molecule has 1 aromatic rings. The van der Waals surface area contributed by atoms with Crippen molar-refractivity contribution in [2.45, 2.75) is 12.8 Å². The van der Waals surface area contributed by atoms with E-state index in [0.717, 1.165) is 13.0 Å². The minimum atomic E-state index is -0.783. The molecule has 2 heterocycles. The lowest BCUT2D eigenvalue weighted by Gasteiger charge is -2.31. The van der Waals surface area contributed by atoms with E-state index in [1.165, 1.54) is 12.4 Å². The molecule has 16 heavy (non-hydrogen) atoms. The molecule has 0 spiro atoms. The van der Waals surface area contributed by atoms with Gasteiger partial charge in [-0.1, -0.05) is 0 Å². The number of nitrogens with zero attached hydrogens (tertiary/aromatic N) is 2. The topological polar surface area (TPSA) is 86.3 Å². The summed E-state index contributed by atoms with van der Waals surface area (Å²) in [6.07, 6.45) is 2.84. The number of aliphatic carboxylic acids is 1. The first-order chi connectivity index (χ1) is 7.66. The summed E-state index contributed by atoms with van der Waals surface area (Å²) in [6, 6.07) is 1.39. The molecule has 86 valence electrons. The Morgan fingerprint density at radius 3 is 3.12 bits per heavy atom. The predicted molar refractivity (Wildman–Crippen MR) is 57.4 cm³/mol. The van der Waals surface area contributed by atoms with Crippen molar-refractivity contribution in [2.24, 2.45) is 5.92 Å². The molecular formula is C10H13N3O3. The summed E-state index contributed by atoms with van der Waals surface area (Å²) in [5, 5.41) is 8.94. The number of hydrogen-bond donors (Lipinski definition) is 2. The number of hydrogen-bond acceptors (Lipinski definition) is 4. The Balaban J connectivity index is 2.15. The van der Waals surface area contributed by atoms with Gasteiger partial charge in [-0.15, -0.1) is 0 Å². The summed E-state index contributed by atoms with van der Waals surface area (Å²) in [5.41, 5.74) is -0.220. The van der Waals surface area contributed by atoms with Crippen LogP contribution in [0.15, 0.2) is 17.2 Å². The third kappa shape index (κ3) is 2.21. The van der Waals surface area contributed by atoms with Gasteiger partial charge in [0.2, 0.25) is 0 Å². The molecule has 1 aliphatic heterocycles. The van der Waals surface area contributed by atoms with Crippen LogP contribution in [0.2, 0.25) is 0 Å². The van der Waals surface area contributed by atoms with E-state index < -0.39 is 5.97 Å². The zero-order valence-corrected chi connectivity index (χ0v) is 8.72. The van der Waals surface area contributed by atoms with Gasteiger partial charge >= 0.3 is 5.97 Å². The van der Waals surface area contributed by atoms with Crippen molar-refractivity contribution in [3.63, 3.8) is 0 Å². The van der Waals surface area contributed by atoms with Gasteiger partial charge < -0.3 is 15.0 Å². The monoisotopic (exact) mass is 223 g/mol. The SMILES string of the molecule is O=C(O)[C@H]1CCCN(c2cc(=O)[nH]cn2)C1. The maximum atomic E-state index is 11.1. The van der Waals surface area contributed by atoms with Crippen molar-refractivity contribution in [3.05, 3.63) is 22.7 Å². The minimum Gasteiger partial charge on any atom is -0.481 e. The molecule has 0 unspecified atom stereocenters. The second-order valence-corrected chi connectivity index (χ2v) is 3.89. The van der Waals surface area contributed by atoms with Gasteiger partial charge in [0.05, 0.1) is 12.2 Å². The van der Waals surface area contributed by atoms with Gasteiger partial charge in [-0.05, 0) is 12.8 Å². The van der Waals surface area contributed by atoms with Gasteiger partial charge in [0.1, 0.15) is 5.82 Å². The third-order valence-electron chi connectivity index (χ3n) is 2.76. The van der Waals surface area contributed by atoms with Crippen molar-refractivity contribution >= 4 is 11.8 Å². The number of anilines is 1. The van der Waals surface area contributed by atoms with E-state index in [1.807, 2.05) is 4.90 Å². The fraction of sp³-hybridized carbons (Fsp3) is 0.500. The van der Waals surface area contributed by atoms with Crippen LogP contribution in [0.5, 0.6) is 0 Å². The van der Waals surface area contributed by atoms with Crippen LogP contribution in [0.3, 0.4) is 0 Å². The van der Waals surface area contributed by atoms with E-state index in [0.29, 0.717) is 18.8 Å². The Hall–Kier alpha value is -1.85. The molecule has 0 radical (unpaired) electrons. The van der Waals surface area contributed by atoms with Gasteiger partial charge in [0, 0.05) is 19.2 Å². The highest BCUT2D eigenvalue weighted by Gasteiger charge is 2.25. The minimum absolute atomic E-state index is 0.220. The highest BCUT2D eigenvalue weighted by molar-refractivity contribution is 5.71. The zero-order chi connectivity index (χ0) is 11.5. The molecule has 1 aromatic heterocycles. The second kappa shape index (κ2) is 4.34. The number of carboxylic acids is 1. The van der Waals surface area contributed by atoms with E-state index in [1.54, 1.807) is 0 Å². The number of piperidine rings is 1. The Morgan fingerprint density at radius 2 is 2.44 bits per heavy atom. The van der Waals surface area contributed by atoms with Gasteiger partial charge in [0.15, 0.2) is 0 Å². The molecule has 0 aromatic carbocycles. The molecule has 1 saturated heterocycles. The Morgan fingerprint density at radius 1 is 1.62 bits per heavy atom. The normalized spacial score (nSPS) is 20.8. The maximum Gasteiger partial charge on any atom is 0.308 e. The quantitative estimate of drug-likeness (QED) is 0.741. The number of nitrogens with one attached hydrogen (secondary N) is 1. The zero-order valence-electron chi connectivity index (χ0n) is 8.72. The number of aromatic nitrogens is 2. The lowest BCUT2D eigenvalue weighted by atomic mass is 9.98. The summed E-state index contributed by atoms with van der Waals surface area (Å²) in [4.78, 5) is 30.3. The van der Waals surface area contributed by atoms with Crippen LogP contribution in [0, 0.1) is 5.92 Å². The first-order valence-electron chi connectivity index (χ1n) is 5.19. The van der Waals surface area contributed by atoms with E-state index in [-0.39, 0.29) is 11.5 Å². The predicted octanol–water partition coefficient (Wildman–Crippen LogP) is 0.0709. The second-order valence-electron chi connectivity index (χ2n) is 3.89. The molecule has 2 rings (SSSR count). The molecule has 1 aliphatic rings. The fourth-order valence-corrected chi connectivity index (χ4v) is 1.92. The number of rotatable bonds is 2. The highest BCUT2D eigenvalue weighted by Crippen LogP contribution is 2.20. The molecule has 0 amide bonds. The molecular weight excluding hydrogens is 210 g/mol. The molecule has 0 bridgehead atoms. The van der Waals surface area contributed by atoms with Gasteiger partial charge in [-0.2, -0.15) is 0 Å². The van der Waals surface area contributed by atoms with Crippen LogP contribution in [0.25, 0.3) is 0 Å². The average Bonchev–Trinajstić information content (AvgIpc) is 2.29. The van der Waals surface area contributed by atoms with Gasteiger partial charge in [-0.3, -0.25) is 9.59 Å². The molecule has 6 heteroatoms. The number of carbonyl (C=O) groups is 1. The summed E-state index contributed by atoms with van der Waals surface area (Å²) in [7, 11) is 0. The van der Waals surface area contributed by atoms with Gasteiger partial charge in [-0.25, -0.2) is 4.98 Å². The standard InChI is InChI=1S/C10H13N3O3/c14-9-4-8(11-6-12-9)13-3-1-2-7(5-13)10(15)16/h4,6-7H,1-3,5H2,(H,15,16)(H,11,12,14)/t7-/m0/s1. The van der Waals surface area contributed by atoms with Crippen LogP contribution >= 0.6 is 0 Å². The first-order valence-corrected chi connectivity index (χ1v) is 5.19. The van der Waals surface area contributed by atoms with Crippen LogP contribution in [0.4, 0.5) is 5.82 Å². The summed E-state index contributed by atoms with van der Waals surface area (Å²) < 4.78 is 0. The van der Waals surface area contributed by atoms with Crippen molar-refractivity contribution in [3.8, 4) is 0 Å². The number of aromatic amines is 1. The maximum absolute atomic E-state index is 11.1. The van der Waals surface area contributed by atoms with Crippen LogP contribution in [0.1, 0.15) is 12.8 Å². The molecule has 1 atom stereocenters. The first kappa shape index (κ1) is 10.7. The molecule has 6 nitrogen and oxygen atoms in total. The lowest BCUT2D eigenvalue weighted by molar-refractivity contribution is -0.141. The van der Waals surface area contributed by atoms with Crippen molar-refractivity contribution in [1.29, 1.82) is 0 Å². The lowest BCUT2D eigenvalue weighted by Crippen LogP contribution is -2.39. The smallest absolute Gasteiger partial charge is 0.308 e. The van der Waals surface area contributed by atoms with Crippen LogP contribution in [-0.2, 0) is 4.79 Å². The Labute approximate surface area is 91.9 Å². The number of carboxylic acid groups (broad SMARTS) is 1. The summed E-state index contributed by atoms with van der Waals surface area (Å²) in [6.45, 7) is 1.17. The highest BCUT2D eigenvalue weighted by atomic mass is 16.4. The number of H-pyrrole nitrogens is 1. The molecule has 1 fully saturated rings. The largest absolute Gasteiger partial charge is 0.481 e. The van der Waals surface area contributed by atoms with Crippen molar-refractivity contribution in [1.82, 2.24) is 9.97 Å². The molecule has 0 aliphatic carbocycles. The molecule has 0 saturated carbocycles. The van der Waals surface area contributed by atoms with Crippen molar-refractivity contribution < 1.29 is 9.90 Å². The summed E-state index contributed by atoms with van der Waals surface area (Å²) in [5.74, 6) is -0.598. The summed E-state index contributed by atoms with van der Waals surface area (Å²) >= 11 is 0. The Bertz CT molecular complexity index is 443. The van der Waals surface area contributed by atoms with E-state index in [9.17, 15) is 9.59 Å². The molecule has 2 N–H and O–H groups in total. The van der Waals surface area contributed by atoms with Gasteiger partial charge in [0.25, 0.3) is 5.56 Å². The average molecular weight is 223 g/mol. The van der Waals surface area contributed by atoms with E-state index in [2.05, 4.69) is 9.97 Å². The van der Waals surface area contributed by atoms with Crippen molar-refractivity contribution in [2.75, 3.05) is 18.0 Å². The third-order valence-corrected chi connectivity index (χ3v) is 2.76. The van der Waals surface area contributed by atoms with Crippen LogP contribution in [-0.4, -0.2) is 34.1 Å². The van der Waals surface area contributed by atoms with E-state index in [4.69, 9.17) is 5.11 Å².